The number of nitrogens with one attached hydrogen (secondary N) is 2. The molecule has 0 atom stereocenters. The highest BCUT2D eigenvalue weighted by atomic mass is 16.5. The Morgan fingerprint density at radius 2 is 2.19 bits per heavy atom. The Morgan fingerprint density at radius 3 is 2.95 bits per heavy atom. The number of hydrogen-bond acceptors (Lipinski definition) is 5. The second-order valence-electron chi connectivity index (χ2n) is 4.38. The Morgan fingerprint density at radius 1 is 1.33 bits per heavy atom. The fourth-order valence-electron chi connectivity index (χ4n) is 1.82. The van der Waals surface area contributed by atoms with Crippen molar-refractivity contribution in [3.63, 3.8) is 0 Å². The Bertz CT molecular complexity index is 618. The number of pyridine rings is 1. The Kier molecular flexibility index (Phi) is 5.03. The highest BCUT2D eigenvalue weighted by Crippen LogP contribution is 2.18. The molecule has 2 rings (SSSR count). The third kappa shape index (κ3) is 4.13. The van der Waals surface area contributed by atoms with E-state index in [4.69, 9.17) is 4.74 Å². The van der Waals surface area contributed by atoms with Gasteiger partial charge in [-0.05, 0) is 30.5 Å². The molecule has 7 nitrogen and oxygen atoms in total. The minimum absolute atomic E-state index is 0.289. The fraction of sp³-hybridized carbons (Fsp3) is 0.286. The van der Waals surface area contributed by atoms with Crippen LogP contribution in [-0.2, 0) is 6.42 Å². The summed E-state index contributed by atoms with van der Waals surface area (Å²) in [5.41, 5.74) is 2.26. The monoisotopic (exact) mass is 287 g/mol. The molecule has 2 N–H and O–H groups in total. The highest BCUT2D eigenvalue weighted by Gasteiger charge is 2.08. The number of hydrogen-bond donors (Lipinski definition) is 2. The second kappa shape index (κ2) is 7.18. The SMILES string of the molecule is COc1ccnnc1NC(=O)NCCc1ccncc1C. The first-order valence-electron chi connectivity index (χ1n) is 6.50. The van der Waals surface area contributed by atoms with E-state index in [1.807, 2.05) is 13.0 Å². The summed E-state index contributed by atoms with van der Waals surface area (Å²) in [5, 5.41) is 12.9. The summed E-state index contributed by atoms with van der Waals surface area (Å²) in [5.74, 6) is 0.753. The van der Waals surface area contributed by atoms with Crippen molar-refractivity contribution in [2.24, 2.45) is 0 Å². The van der Waals surface area contributed by atoms with Crippen molar-refractivity contribution in [1.29, 1.82) is 0 Å². The van der Waals surface area contributed by atoms with Crippen molar-refractivity contribution in [3.05, 3.63) is 41.9 Å². The Hall–Kier alpha value is -2.70. The molecule has 0 unspecified atom stereocenters. The van der Waals surface area contributed by atoms with E-state index in [1.165, 1.54) is 13.3 Å². The summed E-state index contributed by atoms with van der Waals surface area (Å²) >= 11 is 0. The molecule has 7 heteroatoms. The van der Waals surface area contributed by atoms with E-state index in [1.54, 1.807) is 18.5 Å². The van der Waals surface area contributed by atoms with Gasteiger partial charge in [0.1, 0.15) is 0 Å². The van der Waals surface area contributed by atoms with Crippen molar-refractivity contribution < 1.29 is 9.53 Å². The summed E-state index contributed by atoms with van der Waals surface area (Å²) in [6.07, 6.45) is 5.78. The van der Waals surface area contributed by atoms with Crippen LogP contribution in [0.4, 0.5) is 10.6 Å². The number of nitrogens with zero attached hydrogens (tertiary/aromatic N) is 3. The van der Waals surface area contributed by atoms with E-state index in [0.29, 0.717) is 12.3 Å². The fourth-order valence-corrected chi connectivity index (χ4v) is 1.82. The van der Waals surface area contributed by atoms with Crippen LogP contribution in [0.25, 0.3) is 0 Å². The van der Waals surface area contributed by atoms with E-state index in [0.717, 1.165) is 17.5 Å². The molecule has 0 radical (unpaired) electrons. The molecule has 0 aliphatic carbocycles. The first kappa shape index (κ1) is 14.7. The number of aromatic nitrogens is 3. The molecule has 2 aromatic rings. The van der Waals surface area contributed by atoms with E-state index in [9.17, 15) is 4.79 Å². The van der Waals surface area contributed by atoms with E-state index < -0.39 is 0 Å². The molecule has 0 saturated carbocycles. The molecule has 2 aromatic heterocycles. The molecule has 2 amide bonds. The number of amides is 2. The van der Waals surface area contributed by atoms with Gasteiger partial charge in [0.25, 0.3) is 0 Å². The third-order valence-electron chi connectivity index (χ3n) is 2.95. The van der Waals surface area contributed by atoms with Gasteiger partial charge in [-0.3, -0.25) is 10.3 Å². The van der Waals surface area contributed by atoms with Gasteiger partial charge in [-0.15, -0.1) is 5.10 Å². The number of aryl methyl sites for hydroxylation is 1. The van der Waals surface area contributed by atoms with Gasteiger partial charge in [0.15, 0.2) is 11.6 Å². The van der Waals surface area contributed by atoms with Crippen LogP contribution in [0.5, 0.6) is 5.75 Å². The molecular weight excluding hydrogens is 270 g/mol. The predicted molar refractivity (Wildman–Crippen MR) is 78.3 cm³/mol. The summed E-state index contributed by atoms with van der Waals surface area (Å²) < 4.78 is 5.08. The van der Waals surface area contributed by atoms with Crippen molar-refractivity contribution in [3.8, 4) is 5.75 Å². The molecular formula is C14H17N5O2. The van der Waals surface area contributed by atoms with Crippen molar-refractivity contribution in [2.45, 2.75) is 13.3 Å². The summed E-state index contributed by atoms with van der Waals surface area (Å²) in [7, 11) is 1.51. The third-order valence-corrected chi connectivity index (χ3v) is 2.95. The minimum Gasteiger partial charge on any atom is -0.493 e. The lowest BCUT2D eigenvalue weighted by molar-refractivity contribution is 0.252. The number of rotatable bonds is 5. The normalized spacial score (nSPS) is 10.0. The molecule has 2 heterocycles. The van der Waals surface area contributed by atoms with Gasteiger partial charge in [-0.1, -0.05) is 0 Å². The molecule has 0 aromatic carbocycles. The van der Waals surface area contributed by atoms with Gasteiger partial charge in [0.05, 0.1) is 13.3 Å². The lowest BCUT2D eigenvalue weighted by Gasteiger charge is -2.09. The molecule has 0 saturated heterocycles. The standard InChI is InChI=1S/C14H17N5O2/c1-10-9-15-6-3-11(10)4-7-16-14(20)18-13-12(21-2)5-8-17-19-13/h3,5-6,8-9H,4,7H2,1-2H3,(H2,16,18,19,20). The van der Waals surface area contributed by atoms with Gasteiger partial charge >= 0.3 is 6.03 Å². The molecule has 0 aliphatic heterocycles. The largest absolute Gasteiger partial charge is 0.493 e. The zero-order chi connectivity index (χ0) is 15.1. The lowest BCUT2D eigenvalue weighted by atomic mass is 10.1. The summed E-state index contributed by atoms with van der Waals surface area (Å²) in [4.78, 5) is 15.8. The zero-order valence-corrected chi connectivity index (χ0v) is 12.0. The first-order chi connectivity index (χ1) is 10.2. The quantitative estimate of drug-likeness (QED) is 0.871. The van der Waals surface area contributed by atoms with Gasteiger partial charge in [-0.25, -0.2) is 4.79 Å². The minimum atomic E-state index is -0.347. The average Bonchev–Trinajstić information content (AvgIpc) is 2.50. The van der Waals surface area contributed by atoms with Gasteiger partial charge < -0.3 is 10.1 Å². The van der Waals surface area contributed by atoms with Crippen molar-refractivity contribution >= 4 is 11.8 Å². The molecule has 0 fully saturated rings. The number of urea groups is 1. The molecule has 0 aliphatic rings. The maximum Gasteiger partial charge on any atom is 0.320 e. The topological polar surface area (TPSA) is 89.0 Å². The van der Waals surface area contributed by atoms with Crippen molar-refractivity contribution in [1.82, 2.24) is 20.5 Å². The second-order valence-corrected chi connectivity index (χ2v) is 4.38. The van der Waals surface area contributed by atoms with Crippen LogP contribution in [0.3, 0.4) is 0 Å². The van der Waals surface area contributed by atoms with Crippen LogP contribution >= 0.6 is 0 Å². The van der Waals surface area contributed by atoms with E-state index >= 15 is 0 Å². The average molecular weight is 287 g/mol. The smallest absolute Gasteiger partial charge is 0.320 e. The lowest BCUT2D eigenvalue weighted by Crippen LogP contribution is -2.31. The van der Waals surface area contributed by atoms with Crippen LogP contribution in [0.1, 0.15) is 11.1 Å². The molecule has 110 valence electrons. The summed E-state index contributed by atoms with van der Waals surface area (Å²) in [6, 6.07) is 3.23. The van der Waals surface area contributed by atoms with E-state index in [-0.39, 0.29) is 11.8 Å². The zero-order valence-electron chi connectivity index (χ0n) is 12.0. The number of carbonyl (C=O) groups excluding carboxylic acids is 1. The van der Waals surface area contributed by atoms with E-state index in [2.05, 4.69) is 25.8 Å². The van der Waals surface area contributed by atoms with Crippen LogP contribution in [0.2, 0.25) is 0 Å². The maximum atomic E-state index is 11.8. The van der Waals surface area contributed by atoms with Crippen LogP contribution in [-0.4, -0.2) is 34.9 Å². The number of anilines is 1. The predicted octanol–water partition coefficient (Wildman–Crippen LogP) is 1.55. The van der Waals surface area contributed by atoms with Gasteiger partial charge in [0.2, 0.25) is 0 Å². The Balaban J connectivity index is 1.84. The number of ether oxygens (including phenoxy) is 1. The first-order valence-corrected chi connectivity index (χ1v) is 6.50. The maximum absolute atomic E-state index is 11.8. The number of methoxy groups -OCH3 is 1. The van der Waals surface area contributed by atoms with Crippen LogP contribution in [0, 0.1) is 6.92 Å². The highest BCUT2D eigenvalue weighted by molar-refractivity contribution is 5.89. The van der Waals surface area contributed by atoms with Crippen molar-refractivity contribution in [2.75, 3.05) is 19.0 Å². The molecule has 0 spiro atoms. The van der Waals surface area contributed by atoms with Gasteiger partial charge in [-0.2, -0.15) is 5.10 Å². The molecule has 21 heavy (non-hydrogen) atoms. The van der Waals surface area contributed by atoms with Crippen LogP contribution in [0.15, 0.2) is 30.7 Å². The van der Waals surface area contributed by atoms with Crippen LogP contribution < -0.4 is 15.4 Å². The number of carbonyl (C=O) groups is 1. The van der Waals surface area contributed by atoms with Gasteiger partial charge in [0, 0.05) is 25.0 Å². The molecule has 0 bridgehead atoms. The summed E-state index contributed by atoms with van der Waals surface area (Å²) in [6.45, 7) is 2.51. The Labute approximate surface area is 122 Å².